The Morgan fingerprint density at radius 2 is 2.00 bits per heavy atom. The predicted octanol–water partition coefficient (Wildman–Crippen LogP) is 3.12. The van der Waals surface area contributed by atoms with Gasteiger partial charge in [-0.3, -0.25) is 0 Å². The Hall–Kier alpha value is -2.73. The van der Waals surface area contributed by atoms with Crippen LogP contribution in [0.5, 0.6) is 0 Å². The van der Waals surface area contributed by atoms with Crippen LogP contribution in [0.1, 0.15) is 20.9 Å². The summed E-state index contributed by atoms with van der Waals surface area (Å²) in [6, 6.07) is 14.9. The van der Waals surface area contributed by atoms with Gasteiger partial charge in [-0.15, -0.1) is 11.3 Å². The fourth-order valence-electron chi connectivity index (χ4n) is 2.67. The molecule has 1 aliphatic rings. The first-order valence-electron chi connectivity index (χ1n) is 7.51. The number of esters is 2. The van der Waals surface area contributed by atoms with Gasteiger partial charge in [0, 0.05) is 6.42 Å². The highest BCUT2D eigenvalue weighted by atomic mass is 32.1. The van der Waals surface area contributed by atoms with Crippen molar-refractivity contribution >= 4 is 33.5 Å². The van der Waals surface area contributed by atoms with Crippen LogP contribution >= 0.6 is 11.3 Å². The topological polar surface area (TPSA) is 65.5 Å². The Balaban J connectivity index is 1.44. The van der Waals surface area contributed by atoms with Crippen LogP contribution in [-0.4, -0.2) is 23.0 Å². The van der Waals surface area contributed by atoms with E-state index in [0.717, 1.165) is 15.8 Å². The zero-order valence-corrected chi connectivity index (χ0v) is 13.4. The Morgan fingerprint density at radius 3 is 2.88 bits per heavy atom. The standard InChI is InChI=1S/C18H13NO4S/c20-17-12-6-2-1-5-11(12)9-14(23-17)18(21)22-10-16-19-13-7-3-4-8-15(13)24-16/h1-8,14H,9-10H2/t14-/m0/s1. The predicted molar refractivity (Wildman–Crippen MR) is 88.8 cm³/mol. The Kier molecular flexibility index (Phi) is 3.74. The lowest BCUT2D eigenvalue weighted by Gasteiger charge is -2.22. The van der Waals surface area contributed by atoms with Crippen molar-refractivity contribution in [1.29, 1.82) is 0 Å². The number of ether oxygens (including phenoxy) is 2. The molecule has 0 saturated carbocycles. The van der Waals surface area contributed by atoms with Crippen molar-refractivity contribution < 1.29 is 19.1 Å². The lowest BCUT2D eigenvalue weighted by molar-refractivity contribution is -0.155. The molecule has 120 valence electrons. The van der Waals surface area contributed by atoms with Gasteiger partial charge in [-0.2, -0.15) is 0 Å². The van der Waals surface area contributed by atoms with E-state index in [-0.39, 0.29) is 6.61 Å². The van der Waals surface area contributed by atoms with Gasteiger partial charge in [-0.1, -0.05) is 30.3 Å². The minimum Gasteiger partial charge on any atom is -0.456 e. The van der Waals surface area contributed by atoms with Gasteiger partial charge in [0.05, 0.1) is 15.8 Å². The van der Waals surface area contributed by atoms with Crippen molar-refractivity contribution in [2.24, 2.45) is 0 Å². The molecule has 0 N–H and O–H groups in total. The van der Waals surface area contributed by atoms with Gasteiger partial charge in [0.2, 0.25) is 6.10 Å². The number of nitrogens with zero attached hydrogens (tertiary/aromatic N) is 1. The van der Waals surface area contributed by atoms with E-state index >= 15 is 0 Å². The minimum atomic E-state index is -0.901. The fourth-order valence-corrected chi connectivity index (χ4v) is 3.55. The van der Waals surface area contributed by atoms with Crippen LogP contribution in [-0.2, 0) is 27.3 Å². The van der Waals surface area contributed by atoms with Crippen molar-refractivity contribution in [3.05, 3.63) is 64.7 Å². The van der Waals surface area contributed by atoms with Crippen LogP contribution in [0.25, 0.3) is 10.2 Å². The number of benzene rings is 2. The second-order valence-electron chi connectivity index (χ2n) is 5.44. The molecule has 0 amide bonds. The Labute approximate surface area is 141 Å². The molecule has 4 rings (SSSR count). The first-order chi connectivity index (χ1) is 11.7. The molecule has 0 aliphatic carbocycles. The third-order valence-electron chi connectivity index (χ3n) is 3.83. The fraction of sp³-hybridized carbons (Fsp3) is 0.167. The van der Waals surface area contributed by atoms with E-state index in [2.05, 4.69) is 4.98 Å². The summed E-state index contributed by atoms with van der Waals surface area (Å²) in [4.78, 5) is 28.6. The number of thiazole rings is 1. The highest BCUT2D eigenvalue weighted by Crippen LogP contribution is 2.24. The summed E-state index contributed by atoms with van der Waals surface area (Å²) in [5.41, 5.74) is 2.19. The van der Waals surface area contributed by atoms with Crippen LogP contribution < -0.4 is 0 Å². The number of fused-ring (bicyclic) bond motifs is 2. The quantitative estimate of drug-likeness (QED) is 0.686. The average molecular weight is 339 g/mol. The number of para-hydroxylation sites is 1. The molecule has 0 saturated heterocycles. The number of rotatable bonds is 3. The van der Waals surface area contributed by atoms with Gasteiger partial charge in [-0.25, -0.2) is 14.6 Å². The number of carbonyl (C=O) groups excluding carboxylic acids is 2. The summed E-state index contributed by atoms with van der Waals surface area (Å²) < 4.78 is 11.5. The number of hydrogen-bond donors (Lipinski definition) is 0. The molecule has 24 heavy (non-hydrogen) atoms. The molecule has 0 fully saturated rings. The van der Waals surface area contributed by atoms with Crippen molar-refractivity contribution in [3.63, 3.8) is 0 Å². The third kappa shape index (κ3) is 2.76. The van der Waals surface area contributed by atoms with E-state index in [1.165, 1.54) is 11.3 Å². The molecule has 1 aliphatic heterocycles. The zero-order chi connectivity index (χ0) is 16.5. The molecule has 5 nitrogen and oxygen atoms in total. The van der Waals surface area contributed by atoms with Crippen molar-refractivity contribution in [2.45, 2.75) is 19.1 Å². The second-order valence-corrected chi connectivity index (χ2v) is 6.55. The van der Waals surface area contributed by atoms with Crippen molar-refractivity contribution in [1.82, 2.24) is 4.98 Å². The molecule has 0 bridgehead atoms. The van der Waals surface area contributed by atoms with Crippen molar-refractivity contribution in [2.75, 3.05) is 0 Å². The molecule has 3 aromatic rings. The molecule has 1 atom stereocenters. The smallest absolute Gasteiger partial charge is 0.348 e. The summed E-state index contributed by atoms with van der Waals surface area (Å²) in [6.07, 6.45) is -0.567. The van der Waals surface area contributed by atoms with Crippen LogP contribution in [0.2, 0.25) is 0 Å². The summed E-state index contributed by atoms with van der Waals surface area (Å²) in [7, 11) is 0. The molecular formula is C18H13NO4S. The van der Waals surface area contributed by atoms with Gasteiger partial charge >= 0.3 is 11.9 Å². The maximum Gasteiger partial charge on any atom is 0.348 e. The molecule has 2 heterocycles. The van der Waals surface area contributed by atoms with Gasteiger partial charge in [0.1, 0.15) is 11.6 Å². The number of carbonyl (C=O) groups is 2. The average Bonchev–Trinajstić information content (AvgIpc) is 3.02. The minimum absolute atomic E-state index is 0.0773. The monoisotopic (exact) mass is 339 g/mol. The van der Waals surface area contributed by atoms with Gasteiger partial charge in [0.15, 0.2) is 0 Å². The third-order valence-corrected chi connectivity index (χ3v) is 4.84. The molecule has 2 aromatic carbocycles. The van der Waals surface area contributed by atoms with E-state index in [4.69, 9.17) is 9.47 Å². The normalized spacial score (nSPS) is 16.5. The Morgan fingerprint density at radius 1 is 1.21 bits per heavy atom. The summed E-state index contributed by atoms with van der Waals surface area (Å²) in [5.74, 6) is -1.03. The summed E-state index contributed by atoms with van der Waals surface area (Å²) >= 11 is 1.48. The maximum absolute atomic E-state index is 12.2. The highest BCUT2D eigenvalue weighted by Gasteiger charge is 2.32. The highest BCUT2D eigenvalue weighted by molar-refractivity contribution is 7.18. The van der Waals surface area contributed by atoms with E-state index < -0.39 is 18.0 Å². The zero-order valence-electron chi connectivity index (χ0n) is 12.6. The second kappa shape index (κ2) is 6.05. The largest absolute Gasteiger partial charge is 0.456 e. The molecule has 1 aromatic heterocycles. The van der Waals surface area contributed by atoms with E-state index in [9.17, 15) is 9.59 Å². The number of aromatic nitrogens is 1. The van der Waals surface area contributed by atoms with Crippen LogP contribution in [0.4, 0.5) is 0 Å². The SMILES string of the molecule is O=C1O[C@H](C(=O)OCc2nc3ccccc3s2)Cc2ccccc21. The van der Waals surface area contributed by atoms with Crippen molar-refractivity contribution in [3.8, 4) is 0 Å². The number of cyclic esters (lactones) is 1. The molecule has 0 spiro atoms. The van der Waals surface area contributed by atoms with Gasteiger partial charge in [0.25, 0.3) is 0 Å². The summed E-state index contributed by atoms with van der Waals surface area (Å²) in [6.45, 7) is 0.0773. The first-order valence-corrected chi connectivity index (χ1v) is 8.32. The molecule has 0 unspecified atom stereocenters. The van der Waals surface area contributed by atoms with E-state index in [0.29, 0.717) is 17.0 Å². The summed E-state index contributed by atoms with van der Waals surface area (Å²) in [5, 5.41) is 0.715. The maximum atomic E-state index is 12.2. The van der Waals surface area contributed by atoms with E-state index in [1.807, 2.05) is 36.4 Å². The van der Waals surface area contributed by atoms with Crippen LogP contribution in [0.15, 0.2) is 48.5 Å². The van der Waals surface area contributed by atoms with E-state index in [1.54, 1.807) is 12.1 Å². The lowest BCUT2D eigenvalue weighted by atomic mass is 9.99. The molecular weight excluding hydrogens is 326 g/mol. The van der Waals surface area contributed by atoms with Crippen LogP contribution in [0.3, 0.4) is 0 Å². The number of hydrogen-bond acceptors (Lipinski definition) is 6. The Bertz CT molecular complexity index is 900. The van der Waals surface area contributed by atoms with Gasteiger partial charge < -0.3 is 9.47 Å². The molecule has 6 heteroatoms. The molecule has 0 radical (unpaired) electrons. The van der Waals surface area contributed by atoms with Gasteiger partial charge in [-0.05, 0) is 23.8 Å². The van der Waals surface area contributed by atoms with Crippen LogP contribution in [0, 0.1) is 0 Å². The first kappa shape index (κ1) is 14.8. The lowest BCUT2D eigenvalue weighted by Crippen LogP contribution is -2.35.